The molecule has 0 bridgehead atoms. The van der Waals surface area contributed by atoms with E-state index in [1.54, 1.807) is 25.9 Å². The van der Waals surface area contributed by atoms with Gasteiger partial charge in [0.15, 0.2) is 34.7 Å². The number of esters is 1. The van der Waals surface area contributed by atoms with Crippen LogP contribution in [0.5, 0.6) is 5.75 Å². The molecule has 54 heavy (non-hydrogen) atoms. The van der Waals surface area contributed by atoms with E-state index in [-0.39, 0.29) is 36.6 Å². The van der Waals surface area contributed by atoms with E-state index in [9.17, 15) is 48.6 Å². The number of carbonyl (C=O) groups excluding carboxylic acids is 8. The second-order valence-electron chi connectivity index (χ2n) is 15.1. The van der Waals surface area contributed by atoms with Gasteiger partial charge in [0, 0.05) is 32.2 Å². The Hall–Kier alpha value is -4.90. The highest BCUT2D eigenvalue weighted by atomic mass is 16.7. The van der Waals surface area contributed by atoms with Crippen LogP contribution in [0.25, 0.3) is 0 Å². The fourth-order valence-corrected chi connectivity index (χ4v) is 8.70. The zero-order valence-electron chi connectivity index (χ0n) is 31.2. The molecule has 0 heterocycles. The van der Waals surface area contributed by atoms with Gasteiger partial charge in [0.25, 0.3) is 0 Å². The molecule has 3 fully saturated rings. The molecule has 1 aromatic rings. The average molecular weight is 756 g/mol. The molecule has 0 aliphatic heterocycles. The summed E-state index contributed by atoms with van der Waals surface area (Å²) in [5, 5.41) is 25.9. The second-order valence-corrected chi connectivity index (χ2v) is 15.1. The molecule has 5 N–H and O–H groups in total. The number of aliphatic hydroxyl groups is 1. The largest absolute Gasteiger partial charge is 0.505 e. The minimum Gasteiger partial charge on any atom is -0.505 e. The topological polar surface area (TPSA) is 243 Å². The minimum absolute atomic E-state index is 0.0303. The lowest BCUT2D eigenvalue weighted by Gasteiger charge is -2.52. The number of hydrogen-bond donors (Lipinski definition) is 4. The predicted molar refractivity (Wildman–Crippen MR) is 190 cm³/mol. The lowest BCUT2D eigenvalue weighted by Crippen LogP contribution is -2.74. The highest BCUT2D eigenvalue weighted by Crippen LogP contribution is 2.52. The number of primary amides is 1. The van der Waals surface area contributed by atoms with Gasteiger partial charge < -0.3 is 35.6 Å². The number of aromatic hydroxyl groups is 1. The van der Waals surface area contributed by atoms with Crippen molar-refractivity contribution in [2.75, 3.05) is 58.3 Å². The van der Waals surface area contributed by atoms with Crippen molar-refractivity contribution in [3.8, 4) is 5.75 Å². The first kappa shape index (κ1) is 40.3. The van der Waals surface area contributed by atoms with Crippen LogP contribution in [0.2, 0.25) is 0 Å². The Kier molecular flexibility index (Phi) is 11.8. The fraction of sp³-hybridized carbons (Fsp3) is 0.622. The molecule has 4 aliphatic rings. The third kappa shape index (κ3) is 7.18. The average Bonchev–Trinajstić information content (AvgIpc) is 3.10. The van der Waals surface area contributed by atoms with Gasteiger partial charge in [-0.1, -0.05) is 26.2 Å². The number of benzene rings is 1. The van der Waals surface area contributed by atoms with E-state index in [1.807, 2.05) is 0 Å². The Bertz CT molecular complexity index is 1750. The molecule has 17 nitrogen and oxygen atoms in total. The summed E-state index contributed by atoms with van der Waals surface area (Å²) < 4.78 is 10.3. The van der Waals surface area contributed by atoms with Gasteiger partial charge in [-0.2, -0.15) is 0 Å². The molecular weight excluding hydrogens is 706 g/mol. The van der Waals surface area contributed by atoms with Gasteiger partial charge in [-0.25, -0.2) is 4.79 Å². The molecule has 0 saturated heterocycles. The molecule has 3 amide bonds. The van der Waals surface area contributed by atoms with Gasteiger partial charge in [0.2, 0.25) is 18.6 Å². The normalized spacial score (nSPS) is 26.7. The van der Waals surface area contributed by atoms with Crippen molar-refractivity contribution in [3.05, 3.63) is 17.2 Å². The van der Waals surface area contributed by atoms with Crippen molar-refractivity contribution in [1.29, 1.82) is 0 Å². The SMILES string of the molecule is CCCN(CC(=O)Nc1cc(N(C)C)c2c(c1O)C(=O)C1C(=O)[C@]3(O)C(=O)C(C(N)=O)C(=O)[C@@H](N(C)C)C3CC1C2)C(=O)OCOC(=O)C1CCCCC1. The first-order valence-corrected chi connectivity index (χ1v) is 18.2. The highest BCUT2D eigenvalue weighted by molar-refractivity contribution is 6.32. The van der Waals surface area contributed by atoms with Crippen LogP contribution in [0.1, 0.15) is 67.8 Å². The van der Waals surface area contributed by atoms with Crippen molar-refractivity contribution in [3.63, 3.8) is 0 Å². The van der Waals surface area contributed by atoms with Gasteiger partial charge >= 0.3 is 12.1 Å². The molecule has 4 aliphatic carbocycles. The number of ketones is 4. The number of likely N-dealkylation sites (N-methyl/N-ethyl adjacent to an activating group) is 1. The summed E-state index contributed by atoms with van der Waals surface area (Å²) >= 11 is 0. The van der Waals surface area contributed by atoms with Crippen molar-refractivity contribution in [2.24, 2.45) is 35.3 Å². The number of amides is 3. The van der Waals surface area contributed by atoms with Crippen LogP contribution in [-0.2, 0) is 44.7 Å². The molecule has 5 rings (SSSR count). The standard InChI is InChI=1S/C37H49N5O12/c1-6-12-42(36(51)54-17-53-35(50)18-10-8-7-9-11-18)16-24(43)39-22-15-23(40(2)3)20-13-19-14-21-28(41(4)5)31(46)27(34(38)49)33(48)37(21,52)32(47)25(19)30(45)26(20)29(22)44/h15,18-19,21,25,27-28,44,52H,6-14,16-17H2,1-5H3,(H2,38,49)(H,39,43)/t19?,21?,25?,27?,28-,37-/m0/s1. The quantitative estimate of drug-likeness (QED) is 0.106. The third-order valence-electron chi connectivity index (χ3n) is 11.2. The number of rotatable bonds is 11. The molecule has 0 aromatic heterocycles. The molecule has 4 unspecified atom stereocenters. The predicted octanol–water partition coefficient (Wildman–Crippen LogP) is 0.801. The fourth-order valence-electron chi connectivity index (χ4n) is 8.70. The lowest BCUT2D eigenvalue weighted by molar-refractivity contribution is -0.181. The smallest absolute Gasteiger partial charge is 0.413 e. The van der Waals surface area contributed by atoms with Gasteiger partial charge in [-0.3, -0.25) is 43.4 Å². The van der Waals surface area contributed by atoms with Crippen LogP contribution in [0.4, 0.5) is 16.2 Å². The molecule has 17 heteroatoms. The summed E-state index contributed by atoms with van der Waals surface area (Å²) in [7, 11) is 6.35. The molecule has 6 atom stereocenters. The highest BCUT2D eigenvalue weighted by Gasteiger charge is 2.69. The van der Waals surface area contributed by atoms with E-state index in [1.165, 1.54) is 25.1 Å². The first-order valence-electron chi connectivity index (χ1n) is 18.2. The van der Waals surface area contributed by atoms with Crippen LogP contribution in [0.3, 0.4) is 0 Å². The summed E-state index contributed by atoms with van der Waals surface area (Å²) in [6.07, 6.45) is 3.78. The number of phenols is 1. The van der Waals surface area contributed by atoms with Crippen molar-refractivity contribution in [2.45, 2.75) is 69.9 Å². The second kappa shape index (κ2) is 15.8. The van der Waals surface area contributed by atoms with Crippen LogP contribution >= 0.6 is 0 Å². The number of nitrogens with one attached hydrogen (secondary N) is 1. The molecule has 0 spiro atoms. The maximum absolute atomic E-state index is 14.3. The van der Waals surface area contributed by atoms with E-state index in [2.05, 4.69) is 5.32 Å². The van der Waals surface area contributed by atoms with Crippen LogP contribution in [0, 0.1) is 29.6 Å². The van der Waals surface area contributed by atoms with Crippen molar-refractivity contribution in [1.82, 2.24) is 9.80 Å². The number of ether oxygens (including phenoxy) is 2. The summed E-state index contributed by atoms with van der Waals surface area (Å²) in [5.74, 6) is -13.5. The van der Waals surface area contributed by atoms with Crippen molar-refractivity contribution < 1.29 is 58.0 Å². The number of phenolic OH excluding ortho intramolecular Hbond substituents is 1. The Morgan fingerprint density at radius 2 is 1.67 bits per heavy atom. The van der Waals surface area contributed by atoms with Crippen LogP contribution in [0.15, 0.2) is 6.07 Å². The summed E-state index contributed by atoms with van der Waals surface area (Å²) in [6, 6.07) is 0.216. The van der Waals surface area contributed by atoms with Crippen molar-refractivity contribution >= 4 is 58.4 Å². The first-order chi connectivity index (χ1) is 25.4. The minimum atomic E-state index is -2.88. The van der Waals surface area contributed by atoms with Gasteiger partial charge in [-0.15, -0.1) is 0 Å². The zero-order valence-corrected chi connectivity index (χ0v) is 31.2. The Morgan fingerprint density at radius 3 is 2.26 bits per heavy atom. The van der Waals surface area contributed by atoms with E-state index in [0.717, 1.165) is 24.2 Å². The summed E-state index contributed by atoms with van der Waals surface area (Å²) in [5.41, 5.74) is 2.77. The van der Waals surface area contributed by atoms with Gasteiger partial charge in [-0.05, 0) is 63.7 Å². The Morgan fingerprint density at radius 1 is 1.00 bits per heavy atom. The Balaban J connectivity index is 1.39. The summed E-state index contributed by atoms with van der Waals surface area (Å²) in [4.78, 5) is 110. The molecular formula is C37H49N5O12. The number of anilines is 2. The number of hydrogen-bond acceptors (Lipinski definition) is 14. The lowest BCUT2D eigenvalue weighted by atomic mass is 9.52. The van der Waals surface area contributed by atoms with E-state index >= 15 is 0 Å². The number of carbonyl (C=O) groups is 8. The maximum atomic E-state index is 14.3. The van der Waals surface area contributed by atoms with E-state index < -0.39 is 101 Å². The van der Waals surface area contributed by atoms with Crippen LogP contribution < -0.4 is 16.0 Å². The van der Waals surface area contributed by atoms with Gasteiger partial charge in [0.05, 0.1) is 29.1 Å². The molecule has 0 radical (unpaired) electrons. The number of nitrogens with zero attached hydrogens (tertiary/aromatic N) is 3. The maximum Gasteiger partial charge on any atom is 0.413 e. The molecule has 1 aromatic carbocycles. The van der Waals surface area contributed by atoms with E-state index in [0.29, 0.717) is 30.5 Å². The number of fused-ring (bicyclic) bond motifs is 3. The zero-order chi connectivity index (χ0) is 39.8. The molecule has 3 saturated carbocycles. The Labute approximate surface area is 312 Å². The summed E-state index contributed by atoms with van der Waals surface area (Å²) in [6.45, 7) is 0.730. The third-order valence-corrected chi connectivity index (χ3v) is 11.2. The van der Waals surface area contributed by atoms with E-state index in [4.69, 9.17) is 15.2 Å². The molecule has 294 valence electrons. The van der Waals surface area contributed by atoms with Crippen LogP contribution in [-0.4, -0.2) is 127 Å². The number of nitrogens with two attached hydrogens (primary N) is 1. The van der Waals surface area contributed by atoms with Gasteiger partial charge in [0.1, 0.15) is 12.3 Å². The number of Topliss-reactive ketones (excluding diaryl/α,β-unsaturated/α-hetero) is 4. The monoisotopic (exact) mass is 755 g/mol.